The van der Waals surface area contributed by atoms with Crippen molar-refractivity contribution in [1.29, 1.82) is 0 Å². The molecule has 1 aliphatic rings. The van der Waals surface area contributed by atoms with Gasteiger partial charge in [-0.25, -0.2) is 0 Å². The third-order valence-corrected chi connectivity index (χ3v) is 3.88. The van der Waals surface area contributed by atoms with Crippen LogP contribution in [0.15, 0.2) is 0 Å². The molecule has 1 fully saturated rings. The third-order valence-electron chi connectivity index (χ3n) is 3.88. The molecule has 4 nitrogen and oxygen atoms in total. The van der Waals surface area contributed by atoms with Gasteiger partial charge in [0.05, 0.1) is 39.2 Å². The summed E-state index contributed by atoms with van der Waals surface area (Å²) in [5.41, 5.74) is 0. The Hall–Kier alpha value is -0.610. The highest BCUT2D eigenvalue weighted by atomic mass is 16.4. The van der Waals surface area contributed by atoms with Gasteiger partial charge in [0.2, 0.25) is 0 Å². The maximum atomic E-state index is 11.2. The second kappa shape index (κ2) is 5.36. The molecule has 0 aliphatic carbocycles. The molecule has 0 spiro atoms. The number of hydrogen-bond acceptors (Lipinski definition) is 2. The van der Waals surface area contributed by atoms with Gasteiger partial charge in [-0.05, 0) is 19.8 Å². The molecular formula is C13H26NO3+. The number of aliphatic hydroxyl groups excluding tert-OH is 1. The number of aliphatic carboxylic acids is 1. The van der Waals surface area contributed by atoms with E-state index in [-0.39, 0.29) is 0 Å². The highest BCUT2D eigenvalue weighted by Gasteiger charge is 2.39. The number of carbonyl (C=O) groups is 1. The first-order valence-corrected chi connectivity index (χ1v) is 6.44. The molecule has 0 saturated carbocycles. The molecule has 0 aromatic carbocycles. The first-order chi connectivity index (χ1) is 7.71. The van der Waals surface area contributed by atoms with E-state index in [0.29, 0.717) is 24.7 Å². The Morgan fingerprint density at radius 3 is 2.35 bits per heavy atom. The van der Waals surface area contributed by atoms with Crippen molar-refractivity contribution in [3.8, 4) is 0 Å². The third kappa shape index (κ3) is 4.28. The van der Waals surface area contributed by atoms with E-state index >= 15 is 0 Å². The first kappa shape index (κ1) is 14.5. The van der Waals surface area contributed by atoms with Gasteiger partial charge in [0.15, 0.2) is 0 Å². The van der Waals surface area contributed by atoms with Gasteiger partial charge < -0.3 is 14.7 Å². The van der Waals surface area contributed by atoms with Crippen molar-refractivity contribution in [1.82, 2.24) is 0 Å². The van der Waals surface area contributed by atoms with E-state index in [0.717, 1.165) is 17.6 Å². The van der Waals surface area contributed by atoms with Crippen LogP contribution in [0.3, 0.4) is 0 Å². The zero-order valence-corrected chi connectivity index (χ0v) is 11.4. The lowest BCUT2D eigenvalue weighted by molar-refractivity contribution is -0.880. The van der Waals surface area contributed by atoms with Gasteiger partial charge in [0.1, 0.15) is 0 Å². The zero-order chi connectivity index (χ0) is 13.2. The zero-order valence-electron chi connectivity index (χ0n) is 11.4. The Balaban J connectivity index is 2.59. The molecular weight excluding hydrogens is 218 g/mol. The lowest BCUT2D eigenvalue weighted by Crippen LogP contribution is -2.37. The van der Waals surface area contributed by atoms with E-state index in [1.54, 1.807) is 6.92 Å². The van der Waals surface area contributed by atoms with Crippen molar-refractivity contribution in [3.05, 3.63) is 0 Å². The Morgan fingerprint density at radius 2 is 2.00 bits per heavy atom. The Morgan fingerprint density at radius 1 is 1.41 bits per heavy atom. The maximum absolute atomic E-state index is 11.2. The SMILES string of the molecule is CC(O)CC(CC1C[N+](C)(C)CC1C)C(=O)O. The number of likely N-dealkylation sites (tertiary alicyclic amines) is 1. The topological polar surface area (TPSA) is 57.5 Å². The van der Waals surface area contributed by atoms with Crippen LogP contribution >= 0.6 is 0 Å². The minimum Gasteiger partial charge on any atom is -0.481 e. The minimum atomic E-state index is -0.768. The molecule has 0 radical (unpaired) electrons. The number of quaternary nitrogens is 1. The molecule has 1 rings (SSSR count). The van der Waals surface area contributed by atoms with Gasteiger partial charge in [-0.2, -0.15) is 0 Å². The average molecular weight is 244 g/mol. The summed E-state index contributed by atoms with van der Waals surface area (Å²) in [6.45, 7) is 6.03. The second-order valence-corrected chi connectivity index (χ2v) is 6.39. The number of carboxylic acids is 1. The summed E-state index contributed by atoms with van der Waals surface area (Å²) in [5.74, 6) is -0.137. The van der Waals surface area contributed by atoms with E-state index < -0.39 is 18.0 Å². The number of rotatable bonds is 5. The number of aliphatic hydroxyl groups is 1. The van der Waals surface area contributed by atoms with Gasteiger partial charge in [0, 0.05) is 11.8 Å². The van der Waals surface area contributed by atoms with Crippen LogP contribution in [0, 0.1) is 17.8 Å². The predicted molar refractivity (Wildman–Crippen MR) is 66.5 cm³/mol. The highest BCUT2D eigenvalue weighted by Crippen LogP contribution is 2.32. The normalized spacial score (nSPS) is 31.1. The summed E-state index contributed by atoms with van der Waals surface area (Å²) in [4.78, 5) is 11.2. The minimum absolute atomic E-state index is 0.367. The predicted octanol–water partition coefficient (Wildman–Crippen LogP) is 1.19. The number of nitrogens with zero attached hydrogens (tertiary/aromatic N) is 1. The quantitative estimate of drug-likeness (QED) is 0.714. The maximum Gasteiger partial charge on any atom is 0.306 e. The summed E-state index contributed by atoms with van der Waals surface area (Å²) in [7, 11) is 4.39. The van der Waals surface area contributed by atoms with Crippen LogP contribution in [0.5, 0.6) is 0 Å². The van der Waals surface area contributed by atoms with Crippen LogP contribution in [-0.2, 0) is 4.79 Å². The smallest absolute Gasteiger partial charge is 0.306 e. The molecule has 0 aromatic heterocycles. The van der Waals surface area contributed by atoms with Gasteiger partial charge in [-0.15, -0.1) is 0 Å². The molecule has 2 N–H and O–H groups in total. The molecule has 17 heavy (non-hydrogen) atoms. The molecule has 1 heterocycles. The summed E-state index contributed by atoms with van der Waals surface area (Å²) in [6, 6.07) is 0. The van der Waals surface area contributed by atoms with Gasteiger partial charge in [-0.3, -0.25) is 4.79 Å². The van der Waals surface area contributed by atoms with E-state index in [2.05, 4.69) is 21.0 Å². The molecule has 4 heteroatoms. The van der Waals surface area contributed by atoms with Crippen LogP contribution in [-0.4, -0.2) is 54.0 Å². The Kier molecular flexibility index (Phi) is 4.55. The van der Waals surface area contributed by atoms with E-state index in [9.17, 15) is 15.0 Å². The highest BCUT2D eigenvalue weighted by molar-refractivity contribution is 5.70. The second-order valence-electron chi connectivity index (χ2n) is 6.39. The molecule has 4 atom stereocenters. The first-order valence-electron chi connectivity index (χ1n) is 6.44. The van der Waals surface area contributed by atoms with E-state index in [1.807, 2.05) is 0 Å². The van der Waals surface area contributed by atoms with Crippen molar-refractivity contribution < 1.29 is 19.5 Å². The van der Waals surface area contributed by atoms with E-state index in [4.69, 9.17) is 0 Å². The Labute approximate surface area is 104 Å². The lowest BCUT2D eigenvalue weighted by Gasteiger charge is -2.24. The molecule has 1 saturated heterocycles. The fourth-order valence-electron chi connectivity index (χ4n) is 3.20. The van der Waals surface area contributed by atoms with Crippen molar-refractivity contribution >= 4 is 5.97 Å². The van der Waals surface area contributed by atoms with Crippen LogP contribution in [0.25, 0.3) is 0 Å². The van der Waals surface area contributed by atoms with Crippen molar-refractivity contribution in [2.45, 2.75) is 32.8 Å². The lowest BCUT2D eigenvalue weighted by atomic mass is 9.85. The van der Waals surface area contributed by atoms with Crippen LogP contribution in [0.4, 0.5) is 0 Å². The molecule has 0 bridgehead atoms. The number of hydrogen-bond donors (Lipinski definition) is 2. The summed E-state index contributed by atoms with van der Waals surface area (Å²) in [5, 5.41) is 18.5. The van der Waals surface area contributed by atoms with Crippen LogP contribution in [0.2, 0.25) is 0 Å². The largest absolute Gasteiger partial charge is 0.481 e. The standard InChI is InChI=1S/C13H25NO3/c1-9-7-14(3,4)8-12(9)6-11(13(16)17)5-10(2)15/h9-12,15H,5-8H2,1-4H3/p+1. The van der Waals surface area contributed by atoms with Crippen LogP contribution < -0.4 is 0 Å². The summed E-state index contributed by atoms with van der Waals surface area (Å²) < 4.78 is 0.979. The molecule has 100 valence electrons. The van der Waals surface area contributed by atoms with Gasteiger partial charge >= 0.3 is 5.97 Å². The van der Waals surface area contributed by atoms with Crippen molar-refractivity contribution in [2.75, 3.05) is 27.2 Å². The van der Waals surface area contributed by atoms with Gasteiger partial charge in [0.25, 0.3) is 0 Å². The number of carboxylic acid groups (broad SMARTS) is 1. The molecule has 0 amide bonds. The Bertz CT molecular complexity index is 276. The van der Waals surface area contributed by atoms with E-state index in [1.165, 1.54) is 0 Å². The van der Waals surface area contributed by atoms with Crippen LogP contribution in [0.1, 0.15) is 26.7 Å². The average Bonchev–Trinajstić information content (AvgIpc) is 2.37. The molecule has 0 aromatic rings. The molecule has 4 unspecified atom stereocenters. The van der Waals surface area contributed by atoms with Gasteiger partial charge in [-0.1, -0.05) is 6.92 Å². The molecule has 1 aliphatic heterocycles. The fourth-order valence-corrected chi connectivity index (χ4v) is 3.20. The van der Waals surface area contributed by atoms with Crippen molar-refractivity contribution in [3.63, 3.8) is 0 Å². The summed E-state index contributed by atoms with van der Waals surface area (Å²) in [6.07, 6.45) is 0.532. The monoisotopic (exact) mass is 244 g/mol. The fraction of sp³-hybridized carbons (Fsp3) is 0.923. The van der Waals surface area contributed by atoms with Crippen molar-refractivity contribution in [2.24, 2.45) is 17.8 Å². The summed E-state index contributed by atoms with van der Waals surface area (Å²) >= 11 is 0.